The monoisotopic (exact) mass is 566 g/mol. The average Bonchev–Trinajstić information content (AvgIpc) is 3.03. The molecule has 0 spiro atoms. The van der Waals surface area contributed by atoms with Gasteiger partial charge in [-0.25, -0.2) is 9.19 Å². The SMILES string of the molecule is COc1cc(OC)cc(-c2cc(C)ccc2S(=O)c2ncccc2C(=O)NCc2ccc(-c3nncnn3)cc2)c1. The van der Waals surface area contributed by atoms with Crippen LogP contribution in [0.15, 0.2) is 95.2 Å². The number of hydrogen-bond donors (Lipinski definition) is 1. The third-order valence-corrected chi connectivity index (χ3v) is 7.69. The summed E-state index contributed by atoms with van der Waals surface area (Å²) < 4.78 is 24.9. The molecule has 1 unspecified atom stereocenters. The maximum Gasteiger partial charge on any atom is 0.254 e. The van der Waals surface area contributed by atoms with E-state index in [9.17, 15) is 9.00 Å². The third-order valence-electron chi connectivity index (χ3n) is 6.26. The molecular weight excluding hydrogens is 540 g/mol. The Bertz CT molecular complexity index is 1690. The van der Waals surface area contributed by atoms with Gasteiger partial charge in [-0.15, -0.1) is 20.4 Å². The predicted octanol–water partition coefficient (Wildman–Crippen LogP) is 4.42. The number of methoxy groups -OCH3 is 2. The number of carbonyl (C=O) groups is 1. The second-order valence-electron chi connectivity index (χ2n) is 8.98. The van der Waals surface area contributed by atoms with Crippen molar-refractivity contribution in [3.8, 4) is 34.0 Å². The molecule has 0 bridgehead atoms. The van der Waals surface area contributed by atoms with Gasteiger partial charge in [0.15, 0.2) is 6.33 Å². The van der Waals surface area contributed by atoms with Crippen molar-refractivity contribution in [2.45, 2.75) is 23.4 Å². The fraction of sp³-hybridized carbons (Fsp3) is 0.133. The Hall–Kier alpha value is -5.03. The molecule has 41 heavy (non-hydrogen) atoms. The van der Waals surface area contributed by atoms with E-state index in [0.717, 1.165) is 27.8 Å². The minimum Gasteiger partial charge on any atom is -0.497 e. The van der Waals surface area contributed by atoms with E-state index in [-0.39, 0.29) is 23.0 Å². The van der Waals surface area contributed by atoms with Crippen molar-refractivity contribution in [2.75, 3.05) is 14.2 Å². The van der Waals surface area contributed by atoms with Crippen LogP contribution < -0.4 is 14.8 Å². The van der Waals surface area contributed by atoms with Crippen molar-refractivity contribution >= 4 is 16.7 Å². The van der Waals surface area contributed by atoms with Crippen LogP contribution in [0, 0.1) is 6.92 Å². The highest BCUT2D eigenvalue weighted by molar-refractivity contribution is 7.85. The highest BCUT2D eigenvalue weighted by Crippen LogP contribution is 2.35. The lowest BCUT2D eigenvalue weighted by molar-refractivity contribution is 0.0947. The topological polar surface area (TPSA) is 129 Å². The summed E-state index contributed by atoms with van der Waals surface area (Å²) in [6, 6.07) is 21.7. The lowest BCUT2D eigenvalue weighted by Crippen LogP contribution is -2.24. The minimum atomic E-state index is -1.77. The van der Waals surface area contributed by atoms with Gasteiger partial charge in [0.1, 0.15) is 27.3 Å². The number of rotatable bonds is 9. The van der Waals surface area contributed by atoms with Crippen LogP contribution in [-0.4, -0.2) is 49.7 Å². The van der Waals surface area contributed by atoms with Crippen molar-refractivity contribution < 1.29 is 18.5 Å². The lowest BCUT2D eigenvalue weighted by atomic mass is 10.0. The number of aromatic nitrogens is 5. The van der Waals surface area contributed by atoms with Gasteiger partial charge in [0.05, 0.1) is 24.7 Å². The molecule has 5 aromatic rings. The van der Waals surface area contributed by atoms with Gasteiger partial charge in [0.2, 0.25) is 5.82 Å². The second kappa shape index (κ2) is 12.4. The molecule has 0 aliphatic carbocycles. The van der Waals surface area contributed by atoms with Gasteiger partial charge in [-0.2, -0.15) is 0 Å². The summed E-state index contributed by atoms with van der Waals surface area (Å²) in [5, 5.41) is 18.5. The maximum absolute atomic E-state index is 14.0. The maximum atomic E-state index is 14.0. The van der Waals surface area contributed by atoms with Crippen LogP contribution in [0.3, 0.4) is 0 Å². The first-order chi connectivity index (χ1) is 20.0. The van der Waals surface area contributed by atoms with Crippen LogP contribution in [0.2, 0.25) is 0 Å². The van der Waals surface area contributed by atoms with Crippen LogP contribution in [0.5, 0.6) is 11.5 Å². The standard InChI is InChI=1S/C30H26N6O4S/c1-19-6-11-27(26(13-19)22-14-23(39-2)16-24(15-22)40-3)41(38)30-25(5-4-12-31-30)29(37)32-17-20-7-9-21(10-8-20)28-35-33-18-34-36-28/h4-16,18H,17H2,1-3H3,(H,32,37). The molecule has 5 rings (SSSR count). The van der Waals surface area contributed by atoms with Gasteiger partial charge in [0, 0.05) is 24.4 Å². The summed E-state index contributed by atoms with van der Waals surface area (Å²) in [6.45, 7) is 2.21. The first-order valence-electron chi connectivity index (χ1n) is 12.6. The molecule has 10 nitrogen and oxygen atoms in total. The molecule has 0 aliphatic rings. The highest BCUT2D eigenvalue weighted by Gasteiger charge is 2.22. The molecule has 0 fully saturated rings. The molecule has 0 aliphatic heterocycles. The number of hydrogen-bond acceptors (Lipinski definition) is 9. The number of nitrogens with one attached hydrogen (secondary N) is 1. The van der Waals surface area contributed by atoms with E-state index >= 15 is 0 Å². The van der Waals surface area contributed by atoms with E-state index in [0.29, 0.717) is 22.2 Å². The van der Waals surface area contributed by atoms with E-state index in [1.54, 1.807) is 38.5 Å². The van der Waals surface area contributed by atoms with Crippen molar-refractivity contribution in [1.29, 1.82) is 0 Å². The zero-order valence-corrected chi connectivity index (χ0v) is 23.4. The van der Waals surface area contributed by atoms with Gasteiger partial charge in [-0.3, -0.25) is 4.79 Å². The fourth-order valence-electron chi connectivity index (χ4n) is 4.18. The van der Waals surface area contributed by atoms with E-state index in [1.165, 1.54) is 12.5 Å². The van der Waals surface area contributed by atoms with Crippen LogP contribution in [-0.2, 0) is 17.3 Å². The van der Waals surface area contributed by atoms with E-state index in [1.807, 2.05) is 55.5 Å². The molecule has 11 heteroatoms. The molecule has 1 amide bonds. The van der Waals surface area contributed by atoms with Crippen LogP contribution in [0.1, 0.15) is 21.5 Å². The number of carbonyl (C=O) groups excluding carboxylic acids is 1. The number of aryl methyl sites for hydroxylation is 1. The molecule has 2 heterocycles. The normalized spacial score (nSPS) is 11.5. The smallest absolute Gasteiger partial charge is 0.254 e. The fourth-order valence-corrected chi connectivity index (χ4v) is 5.47. The van der Waals surface area contributed by atoms with E-state index < -0.39 is 10.8 Å². The van der Waals surface area contributed by atoms with Crippen LogP contribution >= 0.6 is 0 Å². The minimum absolute atomic E-state index is 0.168. The van der Waals surface area contributed by atoms with Crippen molar-refractivity contribution in [2.24, 2.45) is 0 Å². The van der Waals surface area contributed by atoms with Crippen molar-refractivity contribution in [3.63, 3.8) is 0 Å². The number of benzene rings is 3. The Morgan fingerprint density at radius 3 is 2.27 bits per heavy atom. The van der Waals surface area contributed by atoms with Crippen molar-refractivity contribution in [1.82, 2.24) is 30.7 Å². The average molecular weight is 567 g/mol. The van der Waals surface area contributed by atoms with Crippen molar-refractivity contribution in [3.05, 3.63) is 102 Å². The van der Waals surface area contributed by atoms with Crippen LogP contribution in [0.25, 0.3) is 22.5 Å². The molecule has 3 aromatic carbocycles. The summed E-state index contributed by atoms with van der Waals surface area (Å²) in [7, 11) is 1.39. The van der Waals surface area contributed by atoms with Gasteiger partial charge < -0.3 is 14.8 Å². The largest absolute Gasteiger partial charge is 0.497 e. The molecule has 1 N–H and O–H groups in total. The molecule has 0 radical (unpaired) electrons. The summed E-state index contributed by atoms with van der Waals surface area (Å²) >= 11 is 0. The summed E-state index contributed by atoms with van der Waals surface area (Å²) in [4.78, 5) is 18.2. The van der Waals surface area contributed by atoms with E-state index in [4.69, 9.17) is 9.47 Å². The zero-order valence-electron chi connectivity index (χ0n) is 22.6. The molecule has 1 atom stereocenters. The first kappa shape index (κ1) is 27.5. The Labute approximate surface area is 239 Å². The van der Waals surface area contributed by atoms with Crippen LogP contribution in [0.4, 0.5) is 0 Å². The summed E-state index contributed by atoms with van der Waals surface area (Å²) in [5.74, 6) is 1.23. The molecular formula is C30H26N6O4S. The Morgan fingerprint density at radius 2 is 1.59 bits per heavy atom. The number of amides is 1. The summed E-state index contributed by atoms with van der Waals surface area (Å²) in [5.41, 5.74) is 4.33. The van der Waals surface area contributed by atoms with E-state index in [2.05, 4.69) is 30.7 Å². The van der Waals surface area contributed by atoms with Gasteiger partial charge in [-0.05, 0) is 53.9 Å². The predicted molar refractivity (Wildman–Crippen MR) is 153 cm³/mol. The quantitative estimate of drug-likeness (QED) is 0.276. The van der Waals surface area contributed by atoms with Gasteiger partial charge in [0.25, 0.3) is 5.91 Å². The first-order valence-corrected chi connectivity index (χ1v) is 13.7. The zero-order chi connectivity index (χ0) is 28.8. The molecule has 2 aromatic heterocycles. The molecule has 0 saturated heterocycles. The Kier molecular flexibility index (Phi) is 8.35. The molecule has 206 valence electrons. The van der Waals surface area contributed by atoms with Gasteiger partial charge >= 0.3 is 0 Å². The second-order valence-corrected chi connectivity index (χ2v) is 10.3. The third kappa shape index (κ3) is 6.25. The number of ether oxygens (including phenoxy) is 2. The van der Waals surface area contributed by atoms with Gasteiger partial charge in [-0.1, -0.05) is 42.0 Å². The lowest BCUT2D eigenvalue weighted by Gasteiger charge is -2.15. The molecule has 0 saturated carbocycles. The highest BCUT2D eigenvalue weighted by atomic mass is 32.2. The number of nitrogens with zero attached hydrogens (tertiary/aromatic N) is 5. The summed E-state index contributed by atoms with van der Waals surface area (Å²) in [6.07, 6.45) is 2.79. The Balaban J connectivity index is 1.40. The Morgan fingerprint density at radius 1 is 0.878 bits per heavy atom. The number of pyridine rings is 1.